The minimum Gasteiger partial charge on any atom is -0.349 e. The summed E-state index contributed by atoms with van der Waals surface area (Å²) in [4.78, 5) is 16.2. The molecule has 0 unspecified atom stereocenters. The van der Waals surface area contributed by atoms with Gasteiger partial charge in [0.1, 0.15) is 17.3 Å². The van der Waals surface area contributed by atoms with E-state index in [4.69, 9.17) is 0 Å². The predicted octanol–water partition coefficient (Wildman–Crippen LogP) is 4.36. The van der Waals surface area contributed by atoms with Crippen LogP contribution < -0.4 is 10.6 Å². The summed E-state index contributed by atoms with van der Waals surface area (Å²) < 4.78 is 27.4. The van der Waals surface area contributed by atoms with E-state index >= 15 is 0 Å². The first-order valence-electron chi connectivity index (χ1n) is 7.16. The Bertz CT molecular complexity index is 849. The van der Waals surface area contributed by atoms with Gasteiger partial charge in [0.2, 0.25) is 0 Å². The lowest BCUT2D eigenvalue weighted by Gasteiger charge is -2.10. The molecule has 4 nitrogen and oxygen atoms in total. The smallest absolute Gasteiger partial charge is 0.257 e. The van der Waals surface area contributed by atoms with Gasteiger partial charge in [-0.3, -0.25) is 9.78 Å². The van der Waals surface area contributed by atoms with Crippen molar-refractivity contribution in [2.75, 3.05) is 10.6 Å². The van der Waals surface area contributed by atoms with E-state index in [1.54, 1.807) is 24.3 Å². The predicted molar refractivity (Wildman–Crippen MR) is 88.3 cm³/mol. The van der Waals surface area contributed by atoms with E-state index in [2.05, 4.69) is 15.6 Å². The van der Waals surface area contributed by atoms with E-state index in [-0.39, 0.29) is 17.2 Å². The zero-order chi connectivity index (χ0) is 16.9. The number of anilines is 3. The van der Waals surface area contributed by atoms with E-state index in [0.29, 0.717) is 11.4 Å². The van der Waals surface area contributed by atoms with Gasteiger partial charge in [-0.15, -0.1) is 0 Å². The molecule has 0 aliphatic carbocycles. The number of carbonyl (C=O) groups excluding carboxylic acids is 1. The molecule has 2 N–H and O–H groups in total. The van der Waals surface area contributed by atoms with Gasteiger partial charge < -0.3 is 10.6 Å². The number of amides is 1. The summed E-state index contributed by atoms with van der Waals surface area (Å²) in [5.41, 5.74) is 0.918. The summed E-state index contributed by atoms with van der Waals surface area (Å²) >= 11 is 0. The minimum atomic E-state index is -0.728. The normalized spacial score (nSPS) is 10.2. The zero-order valence-corrected chi connectivity index (χ0v) is 12.5. The number of benzene rings is 2. The van der Waals surface area contributed by atoms with Gasteiger partial charge in [0.05, 0.1) is 17.4 Å². The van der Waals surface area contributed by atoms with Gasteiger partial charge in [-0.1, -0.05) is 24.3 Å². The molecule has 3 rings (SSSR count). The first kappa shape index (κ1) is 15.6. The van der Waals surface area contributed by atoms with Crippen LogP contribution in [0.3, 0.4) is 0 Å². The summed E-state index contributed by atoms with van der Waals surface area (Å²) in [6.45, 7) is 0. The van der Waals surface area contributed by atoms with Crippen LogP contribution in [-0.4, -0.2) is 10.9 Å². The molecule has 1 aromatic heterocycles. The largest absolute Gasteiger partial charge is 0.349 e. The number of rotatable bonds is 4. The van der Waals surface area contributed by atoms with E-state index in [0.717, 1.165) is 12.1 Å². The third-order valence-electron chi connectivity index (χ3n) is 3.26. The van der Waals surface area contributed by atoms with Gasteiger partial charge in [0, 0.05) is 11.9 Å². The summed E-state index contributed by atoms with van der Waals surface area (Å²) in [5.74, 6) is -1.82. The van der Waals surface area contributed by atoms with Crippen LogP contribution in [0, 0.1) is 11.6 Å². The molecule has 0 saturated carbocycles. The number of hydrogen-bond donors (Lipinski definition) is 2. The van der Waals surface area contributed by atoms with E-state index in [1.165, 1.54) is 24.5 Å². The average molecular weight is 325 g/mol. The van der Waals surface area contributed by atoms with Crippen molar-refractivity contribution in [3.8, 4) is 0 Å². The van der Waals surface area contributed by atoms with Crippen LogP contribution in [0.2, 0.25) is 0 Å². The first-order valence-corrected chi connectivity index (χ1v) is 7.16. The number of para-hydroxylation sites is 2. The Kier molecular flexibility index (Phi) is 4.47. The van der Waals surface area contributed by atoms with Gasteiger partial charge in [0.25, 0.3) is 5.91 Å². The molecule has 0 aliphatic heterocycles. The molecule has 2 aromatic carbocycles. The van der Waals surface area contributed by atoms with Gasteiger partial charge in [0.15, 0.2) is 0 Å². The maximum Gasteiger partial charge on any atom is 0.257 e. The molecule has 0 aliphatic rings. The second-order valence-electron chi connectivity index (χ2n) is 5.00. The van der Waals surface area contributed by atoms with Crippen LogP contribution in [0.1, 0.15) is 10.4 Å². The Morgan fingerprint density at radius 1 is 0.875 bits per heavy atom. The fraction of sp³-hybridized carbons (Fsp3) is 0. The highest BCUT2D eigenvalue weighted by molar-refractivity contribution is 6.04. The number of hydrogen-bond acceptors (Lipinski definition) is 3. The number of nitrogens with one attached hydrogen (secondary N) is 2. The van der Waals surface area contributed by atoms with Crippen molar-refractivity contribution in [2.45, 2.75) is 0 Å². The fourth-order valence-corrected chi connectivity index (χ4v) is 2.12. The molecule has 0 saturated heterocycles. The number of halogens is 2. The SMILES string of the molecule is O=C(Nc1ccccc1)c1cncc(Nc2c(F)cccc2F)c1. The van der Waals surface area contributed by atoms with Crippen LogP contribution in [-0.2, 0) is 0 Å². The maximum atomic E-state index is 13.7. The maximum absolute atomic E-state index is 13.7. The van der Waals surface area contributed by atoms with Crippen LogP contribution in [0.5, 0.6) is 0 Å². The van der Waals surface area contributed by atoms with E-state index < -0.39 is 11.6 Å². The molecule has 1 heterocycles. The molecule has 24 heavy (non-hydrogen) atoms. The lowest BCUT2D eigenvalue weighted by Crippen LogP contribution is -2.12. The topological polar surface area (TPSA) is 54.0 Å². The van der Waals surface area contributed by atoms with Gasteiger partial charge >= 0.3 is 0 Å². The molecule has 0 radical (unpaired) electrons. The zero-order valence-electron chi connectivity index (χ0n) is 12.5. The molecule has 0 fully saturated rings. The number of nitrogens with zero attached hydrogens (tertiary/aromatic N) is 1. The van der Waals surface area contributed by atoms with E-state index in [1.807, 2.05) is 6.07 Å². The second-order valence-corrected chi connectivity index (χ2v) is 5.00. The van der Waals surface area contributed by atoms with Gasteiger partial charge in [-0.2, -0.15) is 0 Å². The van der Waals surface area contributed by atoms with Crippen molar-refractivity contribution in [2.24, 2.45) is 0 Å². The summed E-state index contributed by atoms with van der Waals surface area (Å²) in [6.07, 6.45) is 2.76. The Morgan fingerprint density at radius 3 is 2.29 bits per heavy atom. The van der Waals surface area contributed by atoms with Crippen molar-refractivity contribution in [1.29, 1.82) is 0 Å². The highest BCUT2D eigenvalue weighted by atomic mass is 19.1. The number of pyridine rings is 1. The Balaban J connectivity index is 1.80. The molecule has 0 bridgehead atoms. The summed E-state index contributed by atoms with van der Waals surface area (Å²) in [6, 6.07) is 14.0. The third kappa shape index (κ3) is 3.55. The second kappa shape index (κ2) is 6.87. The third-order valence-corrected chi connectivity index (χ3v) is 3.26. The van der Waals surface area contributed by atoms with Crippen molar-refractivity contribution in [1.82, 2.24) is 4.98 Å². The lowest BCUT2D eigenvalue weighted by molar-refractivity contribution is 0.102. The van der Waals surface area contributed by atoms with Crippen molar-refractivity contribution in [3.05, 3.63) is 84.2 Å². The standard InChI is InChI=1S/C18H13F2N3O/c19-15-7-4-8-16(20)17(15)22-14-9-12(10-21-11-14)18(24)23-13-5-2-1-3-6-13/h1-11,22H,(H,23,24). The highest BCUT2D eigenvalue weighted by Gasteiger charge is 2.11. The van der Waals surface area contributed by atoms with Crippen molar-refractivity contribution < 1.29 is 13.6 Å². The first-order chi connectivity index (χ1) is 11.6. The Labute approximate surface area is 137 Å². The van der Waals surface area contributed by atoms with Gasteiger partial charge in [-0.25, -0.2) is 8.78 Å². The van der Waals surface area contributed by atoms with E-state index in [9.17, 15) is 13.6 Å². The molecule has 120 valence electrons. The van der Waals surface area contributed by atoms with Crippen LogP contribution in [0.4, 0.5) is 25.8 Å². The van der Waals surface area contributed by atoms with Crippen LogP contribution in [0.15, 0.2) is 67.0 Å². The molecule has 1 amide bonds. The molecule has 6 heteroatoms. The summed E-state index contributed by atoms with van der Waals surface area (Å²) in [5, 5.41) is 5.32. The fourth-order valence-electron chi connectivity index (χ4n) is 2.12. The average Bonchev–Trinajstić information content (AvgIpc) is 2.59. The number of carbonyl (C=O) groups is 1. The van der Waals surface area contributed by atoms with Crippen LogP contribution >= 0.6 is 0 Å². The Morgan fingerprint density at radius 2 is 1.58 bits per heavy atom. The molecular formula is C18H13F2N3O. The Hall–Kier alpha value is -3.28. The molecule has 0 atom stereocenters. The molecule has 3 aromatic rings. The number of aromatic nitrogens is 1. The molecular weight excluding hydrogens is 312 g/mol. The monoisotopic (exact) mass is 325 g/mol. The highest BCUT2D eigenvalue weighted by Crippen LogP contribution is 2.23. The minimum absolute atomic E-state index is 0.264. The lowest BCUT2D eigenvalue weighted by atomic mass is 10.2. The van der Waals surface area contributed by atoms with Gasteiger partial charge in [-0.05, 0) is 30.3 Å². The van der Waals surface area contributed by atoms with Crippen molar-refractivity contribution in [3.63, 3.8) is 0 Å². The summed E-state index contributed by atoms with van der Waals surface area (Å²) in [7, 11) is 0. The van der Waals surface area contributed by atoms with Crippen molar-refractivity contribution >= 4 is 23.0 Å². The van der Waals surface area contributed by atoms with Crippen LogP contribution in [0.25, 0.3) is 0 Å². The molecule has 0 spiro atoms. The quantitative estimate of drug-likeness (QED) is 0.749.